The smallest absolute Gasteiger partial charge is 0.319 e. The summed E-state index contributed by atoms with van der Waals surface area (Å²) in [5, 5.41) is 4.98. The van der Waals surface area contributed by atoms with Crippen molar-refractivity contribution in [2.24, 2.45) is 0 Å². The van der Waals surface area contributed by atoms with Crippen molar-refractivity contribution in [2.75, 3.05) is 6.54 Å². The predicted molar refractivity (Wildman–Crippen MR) is 94.7 cm³/mol. The second-order valence-electron chi connectivity index (χ2n) is 6.18. The van der Waals surface area contributed by atoms with Crippen LogP contribution in [0, 0.1) is 0 Å². The van der Waals surface area contributed by atoms with Gasteiger partial charge in [-0.1, -0.05) is 42.5 Å². The summed E-state index contributed by atoms with van der Waals surface area (Å²) in [6.45, 7) is 0.292. The Bertz CT molecular complexity index is 812. The number of hydrogen-bond acceptors (Lipinski definition) is 3. The summed E-state index contributed by atoms with van der Waals surface area (Å²) < 4.78 is 0. The molecule has 0 unspecified atom stereocenters. The second kappa shape index (κ2) is 5.91. The molecule has 2 aromatic rings. The largest absolute Gasteiger partial charge is 0.325 e. The number of carbonyl (C=O) groups is 2. The fourth-order valence-corrected chi connectivity index (χ4v) is 4.57. The highest BCUT2D eigenvalue weighted by Crippen LogP contribution is 2.42. The first-order valence-electron chi connectivity index (χ1n) is 8.13. The van der Waals surface area contributed by atoms with Gasteiger partial charge >= 0.3 is 6.03 Å². The Morgan fingerprint density at radius 2 is 2.04 bits per heavy atom. The first-order valence-corrected chi connectivity index (χ1v) is 9.01. The van der Waals surface area contributed by atoms with E-state index in [4.69, 9.17) is 0 Å². The molecule has 122 valence electrons. The predicted octanol–water partition coefficient (Wildman–Crippen LogP) is 3.54. The standard InChI is InChI=1S/C19H18N2O2S/c22-17-19(11-4-9-16-15(19)10-13-24-16)20-18(23)21(17)12-5-8-14-6-2-1-3-7-14/h1-3,5-8,10,13H,4,9,11-12H2,(H,20,23)/b8-5+/t19-/m1/s1. The van der Waals surface area contributed by atoms with E-state index < -0.39 is 5.54 Å². The van der Waals surface area contributed by atoms with E-state index in [0.717, 1.165) is 24.0 Å². The number of amides is 3. The molecule has 1 N–H and O–H groups in total. The van der Waals surface area contributed by atoms with Crippen molar-refractivity contribution >= 4 is 29.4 Å². The monoisotopic (exact) mass is 338 g/mol. The van der Waals surface area contributed by atoms with Gasteiger partial charge < -0.3 is 5.32 Å². The Kier molecular flexibility index (Phi) is 3.73. The third-order valence-electron chi connectivity index (χ3n) is 4.73. The average molecular weight is 338 g/mol. The summed E-state index contributed by atoms with van der Waals surface area (Å²) in [6.07, 6.45) is 6.39. The van der Waals surface area contributed by atoms with Crippen molar-refractivity contribution in [1.82, 2.24) is 10.2 Å². The van der Waals surface area contributed by atoms with Crippen LogP contribution in [0.25, 0.3) is 6.08 Å². The van der Waals surface area contributed by atoms with Gasteiger partial charge in [-0.15, -0.1) is 11.3 Å². The van der Waals surface area contributed by atoms with Gasteiger partial charge in [0.15, 0.2) is 0 Å². The van der Waals surface area contributed by atoms with Crippen molar-refractivity contribution in [2.45, 2.75) is 24.8 Å². The molecule has 1 saturated heterocycles. The van der Waals surface area contributed by atoms with Gasteiger partial charge in [0.1, 0.15) is 5.54 Å². The highest BCUT2D eigenvalue weighted by atomic mass is 32.1. The second-order valence-corrected chi connectivity index (χ2v) is 7.18. The fourth-order valence-electron chi connectivity index (χ4n) is 3.57. The quantitative estimate of drug-likeness (QED) is 0.870. The highest BCUT2D eigenvalue weighted by Gasteiger charge is 2.53. The summed E-state index contributed by atoms with van der Waals surface area (Å²) in [5.74, 6) is -0.121. The number of carbonyl (C=O) groups excluding carboxylic acids is 2. The number of aryl methyl sites for hydroxylation is 1. The van der Waals surface area contributed by atoms with Gasteiger partial charge in [-0.05, 0) is 36.3 Å². The van der Waals surface area contributed by atoms with Crippen LogP contribution >= 0.6 is 11.3 Å². The fraction of sp³-hybridized carbons (Fsp3) is 0.263. The van der Waals surface area contributed by atoms with Crippen LogP contribution in [-0.4, -0.2) is 23.4 Å². The average Bonchev–Trinajstić information content (AvgIpc) is 3.16. The summed E-state index contributed by atoms with van der Waals surface area (Å²) in [5.41, 5.74) is 1.20. The number of fused-ring (bicyclic) bond motifs is 2. The maximum atomic E-state index is 13.0. The molecule has 4 rings (SSSR count). The number of imide groups is 1. The van der Waals surface area contributed by atoms with Crippen LogP contribution in [0.2, 0.25) is 0 Å². The molecule has 2 aliphatic rings. The number of rotatable bonds is 3. The Morgan fingerprint density at radius 1 is 1.21 bits per heavy atom. The normalized spacial score (nSPS) is 23.1. The van der Waals surface area contributed by atoms with Crippen molar-refractivity contribution < 1.29 is 9.59 Å². The molecule has 24 heavy (non-hydrogen) atoms. The summed E-state index contributed by atoms with van der Waals surface area (Å²) in [4.78, 5) is 27.9. The number of thiophene rings is 1. The van der Waals surface area contributed by atoms with Gasteiger partial charge in [-0.25, -0.2) is 4.79 Å². The Hall–Kier alpha value is -2.40. The highest BCUT2D eigenvalue weighted by molar-refractivity contribution is 7.10. The lowest BCUT2D eigenvalue weighted by Gasteiger charge is -2.31. The minimum Gasteiger partial charge on any atom is -0.319 e. The molecule has 4 nitrogen and oxygen atoms in total. The van der Waals surface area contributed by atoms with E-state index >= 15 is 0 Å². The van der Waals surface area contributed by atoms with Gasteiger partial charge in [0.05, 0.1) is 0 Å². The van der Waals surface area contributed by atoms with Crippen LogP contribution in [-0.2, 0) is 16.8 Å². The van der Waals surface area contributed by atoms with E-state index in [0.29, 0.717) is 13.0 Å². The minimum absolute atomic E-state index is 0.121. The first kappa shape index (κ1) is 15.1. The van der Waals surface area contributed by atoms with Crippen LogP contribution in [0.1, 0.15) is 28.8 Å². The zero-order valence-electron chi connectivity index (χ0n) is 13.2. The van der Waals surface area contributed by atoms with E-state index in [9.17, 15) is 9.59 Å². The van der Waals surface area contributed by atoms with Gasteiger partial charge in [0, 0.05) is 17.0 Å². The number of hydrogen-bond donors (Lipinski definition) is 1. The molecule has 1 aromatic carbocycles. The Morgan fingerprint density at radius 3 is 2.88 bits per heavy atom. The topological polar surface area (TPSA) is 49.4 Å². The Balaban J connectivity index is 1.56. The molecule has 0 radical (unpaired) electrons. The molecule has 2 heterocycles. The third kappa shape index (κ3) is 2.36. The van der Waals surface area contributed by atoms with Crippen LogP contribution in [0.5, 0.6) is 0 Å². The maximum Gasteiger partial charge on any atom is 0.325 e. The summed E-state index contributed by atoms with van der Waals surface area (Å²) >= 11 is 1.67. The lowest BCUT2D eigenvalue weighted by molar-refractivity contribution is -0.131. The molecule has 1 aliphatic carbocycles. The molecule has 1 aliphatic heterocycles. The molecule has 5 heteroatoms. The first-order chi connectivity index (χ1) is 11.7. The lowest BCUT2D eigenvalue weighted by Crippen LogP contribution is -2.46. The van der Waals surface area contributed by atoms with E-state index in [2.05, 4.69) is 5.32 Å². The van der Waals surface area contributed by atoms with Gasteiger partial charge in [-0.2, -0.15) is 0 Å². The van der Waals surface area contributed by atoms with Crippen LogP contribution < -0.4 is 5.32 Å². The molecule has 0 bridgehead atoms. The van der Waals surface area contributed by atoms with Crippen molar-refractivity contribution in [3.05, 3.63) is 63.9 Å². The van der Waals surface area contributed by atoms with Crippen molar-refractivity contribution in [1.29, 1.82) is 0 Å². The Labute approximate surface area is 144 Å². The SMILES string of the molecule is O=C1N[C@@]2(CCCc3sccc32)C(=O)N1C/C=C/c1ccccc1. The summed E-state index contributed by atoms with van der Waals surface area (Å²) in [6, 6.07) is 11.5. The lowest BCUT2D eigenvalue weighted by atomic mass is 9.80. The molecular formula is C19H18N2O2S. The van der Waals surface area contributed by atoms with Crippen LogP contribution in [0.3, 0.4) is 0 Å². The molecule has 3 amide bonds. The van der Waals surface area contributed by atoms with Gasteiger partial charge in [0.25, 0.3) is 5.91 Å². The van der Waals surface area contributed by atoms with Crippen molar-refractivity contribution in [3.63, 3.8) is 0 Å². The molecule has 1 atom stereocenters. The number of nitrogens with zero attached hydrogens (tertiary/aromatic N) is 1. The molecule has 0 saturated carbocycles. The zero-order valence-corrected chi connectivity index (χ0v) is 14.0. The molecule has 1 fully saturated rings. The number of benzene rings is 1. The van der Waals surface area contributed by atoms with Gasteiger partial charge in [0.2, 0.25) is 0 Å². The zero-order chi connectivity index (χ0) is 16.6. The number of nitrogens with one attached hydrogen (secondary N) is 1. The minimum atomic E-state index is -0.842. The summed E-state index contributed by atoms with van der Waals surface area (Å²) in [7, 11) is 0. The van der Waals surface area contributed by atoms with Crippen LogP contribution in [0.4, 0.5) is 4.79 Å². The molecule has 1 aromatic heterocycles. The molecule has 1 spiro atoms. The van der Waals surface area contributed by atoms with Crippen molar-refractivity contribution in [3.8, 4) is 0 Å². The maximum absolute atomic E-state index is 13.0. The van der Waals surface area contributed by atoms with E-state index in [1.165, 1.54) is 9.78 Å². The van der Waals surface area contributed by atoms with E-state index in [1.54, 1.807) is 11.3 Å². The number of urea groups is 1. The van der Waals surface area contributed by atoms with Crippen LogP contribution in [0.15, 0.2) is 47.9 Å². The van der Waals surface area contributed by atoms with E-state index in [-0.39, 0.29) is 11.9 Å². The van der Waals surface area contributed by atoms with E-state index in [1.807, 2.05) is 53.9 Å². The third-order valence-corrected chi connectivity index (χ3v) is 5.72. The van der Waals surface area contributed by atoms with Gasteiger partial charge in [-0.3, -0.25) is 9.69 Å². The molecular weight excluding hydrogens is 320 g/mol.